The second-order valence-corrected chi connectivity index (χ2v) is 0.983. The molecule has 0 amide bonds. The van der Waals surface area contributed by atoms with Gasteiger partial charge in [0.15, 0.2) is 0 Å². The molecular formula is C4H6CuKO4+. The number of carbonyl (C=O) groups excluding carboxylic acids is 2. The molecule has 0 atom stereocenters. The van der Waals surface area contributed by atoms with Gasteiger partial charge in [0.05, 0.1) is 0 Å². The van der Waals surface area contributed by atoms with Gasteiger partial charge in [0.1, 0.15) is 0 Å². The fraction of sp³-hybridized carbons (Fsp3) is 0.500. The zero-order valence-corrected chi connectivity index (χ0v) is 10.00. The molecule has 0 bridgehead atoms. The second-order valence-electron chi connectivity index (χ2n) is 0.983. The van der Waals surface area contributed by atoms with Gasteiger partial charge in [0.25, 0.3) is 0 Å². The van der Waals surface area contributed by atoms with Gasteiger partial charge in [0.2, 0.25) is 0 Å². The molecule has 0 fully saturated rings. The third kappa shape index (κ3) is 496. The summed E-state index contributed by atoms with van der Waals surface area (Å²) in [5.74, 6) is -2.17. The van der Waals surface area contributed by atoms with Crippen LogP contribution in [0.2, 0.25) is 0 Å². The Morgan fingerprint density at radius 3 is 1.00 bits per heavy atom. The van der Waals surface area contributed by atoms with E-state index in [1.165, 1.54) is 0 Å². The van der Waals surface area contributed by atoms with Gasteiger partial charge in [-0.3, -0.25) is 0 Å². The van der Waals surface area contributed by atoms with Crippen LogP contribution < -0.4 is 61.6 Å². The second kappa shape index (κ2) is 16.6. The van der Waals surface area contributed by atoms with Crippen LogP contribution in [0.15, 0.2) is 0 Å². The van der Waals surface area contributed by atoms with Crippen LogP contribution in [0.3, 0.4) is 0 Å². The van der Waals surface area contributed by atoms with Gasteiger partial charge in [-0.05, 0) is 13.8 Å². The topological polar surface area (TPSA) is 80.3 Å². The Bertz CT molecular complexity index is 75.3. The molecular weight excluding hydrogens is 215 g/mol. The summed E-state index contributed by atoms with van der Waals surface area (Å²) in [4.78, 5) is 17.8. The van der Waals surface area contributed by atoms with Gasteiger partial charge in [-0.25, -0.2) is 0 Å². The van der Waals surface area contributed by atoms with Crippen molar-refractivity contribution in [3.63, 3.8) is 0 Å². The van der Waals surface area contributed by atoms with Gasteiger partial charge in [-0.15, -0.1) is 0 Å². The summed E-state index contributed by atoms with van der Waals surface area (Å²) in [5.41, 5.74) is 0. The minimum absolute atomic E-state index is 0. The van der Waals surface area contributed by atoms with Crippen molar-refractivity contribution in [3.05, 3.63) is 0 Å². The van der Waals surface area contributed by atoms with E-state index in [1.807, 2.05) is 0 Å². The van der Waals surface area contributed by atoms with Crippen LogP contribution in [-0.2, 0) is 26.7 Å². The van der Waals surface area contributed by atoms with E-state index < -0.39 is 11.9 Å². The van der Waals surface area contributed by atoms with Crippen LogP contribution in [0.4, 0.5) is 0 Å². The molecule has 0 saturated carbocycles. The molecule has 4 nitrogen and oxygen atoms in total. The molecule has 10 heavy (non-hydrogen) atoms. The molecule has 0 aliphatic rings. The van der Waals surface area contributed by atoms with Crippen molar-refractivity contribution in [1.82, 2.24) is 0 Å². The number of carboxylic acid groups (broad SMARTS) is 2. The van der Waals surface area contributed by atoms with Gasteiger partial charge in [-0.2, -0.15) is 0 Å². The quantitative estimate of drug-likeness (QED) is 0.382. The van der Waals surface area contributed by atoms with Crippen LogP contribution in [0.1, 0.15) is 13.8 Å². The standard InChI is InChI=1S/2C2H4O2.Cu.K/c2*1-2(3)4;;/h2*1H3,(H,3,4);;/q;;+2;+1/p-2. The van der Waals surface area contributed by atoms with Crippen molar-refractivity contribution in [1.29, 1.82) is 0 Å². The zero-order valence-electron chi connectivity index (χ0n) is 5.93. The van der Waals surface area contributed by atoms with E-state index in [0.717, 1.165) is 13.8 Å². The third-order valence-electron chi connectivity index (χ3n) is 0. The van der Waals surface area contributed by atoms with E-state index in [4.69, 9.17) is 19.8 Å². The van der Waals surface area contributed by atoms with Crippen LogP contribution in [-0.4, -0.2) is 11.9 Å². The fourth-order valence-corrected chi connectivity index (χ4v) is 0. The number of hydrogen-bond acceptors (Lipinski definition) is 4. The predicted molar refractivity (Wildman–Crippen MR) is 21.4 cm³/mol. The Balaban J connectivity index is -0.0000000300. The van der Waals surface area contributed by atoms with Crippen molar-refractivity contribution in [2.45, 2.75) is 13.8 Å². The number of rotatable bonds is 0. The summed E-state index contributed by atoms with van der Waals surface area (Å²) in [6, 6.07) is 0. The number of aliphatic carboxylic acids is 2. The number of carbonyl (C=O) groups is 2. The molecule has 0 aromatic carbocycles. The minimum Gasteiger partial charge on any atom is -0.550 e. The van der Waals surface area contributed by atoms with E-state index in [-0.39, 0.29) is 68.5 Å². The van der Waals surface area contributed by atoms with E-state index in [2.05, 4.69) is 0 Å². The first-order valence-electron chi connectivity index (χ1n) is 1.82. The molecule has 0 aromatic heterocycles. The van der Waals surface area contributed by atoms with E-state index in [0.29, 0.717) is 0 Å². The molecule has 0 N–H and O–H groups in total. The molecule has 6 heteroatoms. The maximum Gasteiger partial charge on any atom is 2.00 e. The van der Waals surface area contributed by atoms with Gasteiger partial charge in [0, 0.05) is 11.9 Å². The van der Waals surface area contributed by atoms with E-state index in [1.54, 1.807) is 0 Å². The van der Waals surface area contributed by atoms with Crippen molar-refractivity contribution >= 4 is 11.9 Å². The van der Waals surface area contributed by atoms with Crippen molar-refractivity contribution in [3.8, 4) is 0 Å². The summed E-state index contributed by atoms with van der Waals surface area (Å²) in [6.07, 6.45) is 0. The Morgan fingerprint density at radius 2 is 1.00 bits per heavy atom. The summed E-state index contributed by atoms with van der Waals surface area (Å²) in [7, 11) is 0. The first-order valence-corrected chi connectivity index (χ1v) is 1.82. The predicted octanol–water partition coefficient (Wildman–Crippen LogP) is -5.49. The van der Waals surface area contributed by atoms with Crippen molar-refractivity contribution in [2.75, 3.05) is 0 Å². The largest absolute Gasteiger partial charge is 2.00 e. The average Bonchev–Trinajstić information content (AvgIpc) is 1.25. The molecule has 0 aliphatic carbocycles. The maximum absolute atomic E-state index is 8.89. The first kappa shape index (κ1) is 22.5. The molecule has 0 unspecified atom stereocenters. The molecule has 0 aliphatic heterocycles. The minimum atomic E-state index is -1.08. The monoisotopic (exact) mass is 220 g/mol. The van der Waals surface area contributed by atoms with Crippen LogP contribution >= 0.6 is 0 Å². The molecule has 0 aromatic rings. The Labute approximate surface area is 112 Å². The van der Waals surface area contributed by atoms with Crippen LogP contribution in [0.5, 0.6) is 0 Å². The SMILES string of the molecule is CC(=O)[O-].CC(=O)[O-].[Cu+2].[K+]. The number of carboxylic acids is 2. The molecule has 0 saturated heterocycles. The van der Waals surface area contributed by atoms with Crippen LogP contribution in [0, 0.1) is 0 Å². The smallest absolute Gasteiger partial charge is 0.550 e. The molecule has 1 radical (unpaired) electrons. The van der Waals surface area contributed by atoms with Gasteiger partial charge in [-0.1, -0.05) is 0 Å². The van der Waals surface area contributed by atoms with Crippen molar-refractivity contribution in [2.24, 2.45) is 0 Å². The fourth-order valence-electron chi connectivity index (χ4n) is 0. The molecule has 0 spiro atoms. The van der Waals surface area contributed by atoms with Crippen molar-refractivity contribution < 1.29 is 88.3 Å². The Morgan fingerprint density at radius 1 is 1.00 bits per heavy atom. The summed E-state index contributed by atoms with van der Waals surface area (Å²) in [6.45, 7) is 1.94. The zero-order chi connectivity index (χ0) is 7.15. The van der Waals surface area contributed by atoms with E-state index >= 15 is 0 Å². The maximum atomic E-state index is 8.89. The molecule has 57 valence electrons. The summed E-state index contributed by atoms with van der Waals surface area (Å²) < 4.78 is 0. The Kier molecular flexibility index (Phi) is 37.3. The van der Waals surface area contributed by atoms with Gasteiger partial charge < -0.3 is 19.8 Å². The first-order chi connectivity index (χ1) is 3.46. The average molecular weight is 221 g/mol. The Hall–Kier alpha value is 1.10. The summed E-state index contributed by atoms with van der Waals surface area (Å²) >= 11 is 0. The molecule has 0 rings (SSSR count). The molecule has 0 heterocycles. The third-order valence-corrected chi connectivity index (χ3v) is 0. The normalized spacial score (nSPS) is 5.00. The van der Waals surface area contributed by atoms with Gasteiger partial charge >= 0.3 is 68.5 Å². The number of hydrogen-bond donors (Lipinski definition) is 0. The van der Waals surface area contributed by atoms with Crippen LogP contribution in [0.25, 0.3) is 0 Å². The summed E-state index contributed by atoms with van der Waals surface area (Å²) in [5, 5.41) is 17.8. The van der Waals surface area contributed by atoms with E-state index in [9.17, 15) is 0 Å².